The number of halogens is 1. The van der Waals surface area contributed by atoms with Gasteiger partial charge in [0.05, 0.1) is 0 Å². The molecule has 27 heavy (non-hydrogen) atoms. The summed E-state index contributed by atoms with van der Waals surface area (Å²) in [7, 11) is 0. The lowest BCUT2D eigenvalue weighted by molar-refractivity contribution is -0.156. The number of nitrogens with one attached hydrogen (secondary N) is 1. The number of hydrogen-bond acceptors (Lipinski definition) is 3. The first kappa shape index (κ1) is 19.5. The van der Waals surface area contributed by atoms with Crippen LogP contribution in [0.5, 0.6) is 0 Å². The number of piperidine rings is 1. The average molecular weight is 370 g/mol. The Morgan fingerprint density at radius 2 is 1.81 bits per heavy atom. The maximum absolute atomic E-state index is 13.0. The number of rotatable bonds is 8. The third-order valence-electron chi connectivity index (χ3n) is 5.10. The molecule has 2 N–H and O–H groups in total. The first-order valence-electron chi connectivity index (χ1n) is 9.58. The second-order valence-corrected chi connectivity index (χ2v) is 7.25. The summed E-state index contributed by atoms with van der Waals surface area (Å²) < 4.78 is 13.0. The summed E-state index contributed by atoms with van der Waals surface area (Å²) in [5, 5.41) is 14.0. The summed E-state index contributed by atoms with van der Waals surface area (Å²) in [5.41, 5.74) is 0.826. The van der Waals surface area contributed by atoms with Crippen molar-refractivity contribution in [1.82, 2.24) is 10.2 Å². The topological polar surface area (TPSA) is 52.6 Å². The minimum absolute atomic E-state index is 0.187. The maximum Gasteiger partial charge on any atom is 0.255 e. The summed E-state index contributed by atoms with van der Waals surface area (Å²) in [6.07, 6.45) is 3.07. The van der Waals surface area contributed by atoms with Crippen molar-refractivity contribution in [2.45, 2.75) is 37.8 Å². The number of benzene rings is 2. The third-order valence-corrected chi connectivity index (χ3v) is 5.10. The van der Waals surface area contributed by atoms with Gasteiger partial charge in [0.15, 0.2) is 5.60 Å². The van der Waals surface area contributed by atoms with Crippen LogP contribution >= 0.6 is 0 Å². The Bertz CT molecular complexity index is 736. The van der Waals surface area contributed by atoms with Gasteiger partial charge in [-0.1, -0.05) is 42.5 Å². The zero-order valence-corrected chi connectivity index (χ0v) is 15.5. The monoisotopic (exact) mass is 370 g/mol. The highest BCUT2D eigenvalue weighted by Crippen LogP contribution is 2.23. The first-order valence-corrected chi connectivity index (χ1v) is 9.58. The van der Waals surface area contributed by atoms with Crippen molar-refractivity contribution in [3.05, 3.63) is 71.5 Å². The molecule has 0 radical (unpaired) electrons. The number of aliphatic hydroxyl groups is 1. The summed E-state index contributed by atoms with van der Waals surface area (Å²) in [6.45, 7) is 2.06. The number of hydrogen-bond donors (Lipinski definition) is 2. The van der Waals surface area contributed by atoms with Crippen LogP contribution < -0.4 is 5.32 Å². The second kappa shape index (κ2) is 9.11. The molecule has 2 aromatic rings. The molecular weight excluding hydrogens is 343 g/mol. The Hall–Kier alpha value is -2.24. The molecule has 1 amide bonds. The molecule has 1 aliphatic heterocycles. The zero-order valence-electron chi connectivity index (χ0n) is 15.5. The lowest BCUT2D eigenvalue weighted by atomic mass is 9.91. The molecule has 144 valence electrons. The average Bonchev–Trinajstić information content (AvgIpc) is 2.68. The Morgan fingerprint density at radius 1 is 1.07 bits per heavy atom. The first-order chi connectivity index (χ1) is 13.1. The summed E-state index contributed by atoms with van der Waals surface area (Å²) in [6, 6.07) is 16.4. The maximum atomic E-state index is 13.0. The molecule has 0 unspecified atom stereocenters. The fourth-order valence-corrected chi connectivity index (χ4v) is 3.58. The number of carbonyl (C=O) groups is 1. The van der Waals surface area contributed by atoms with Gasteiger partial charge in [0.25, 0.3) is 5.91 Å². The van der Waals surface area contributed by atoms with Crippen molar-refractivity contribution >= 4 is 5.91 Å². The third kappa shape index (κ3) is 5.37. The molecule has 1 fully saturated rings. The van der Waals surface area contributed by atoms with Gasteiger partial charge in [-0.2, -0.15) is 0 Å². The van der Waals surface area contributed by atoms with Crippen LogP contribution in [-0.2, 0) is 17.8 Å². The van der Waals surface area contributed by atoms with E-state index in [9.17, 15) is 14.3 Å². The smallest absolute Gasteiger partial charge is 0.255 e. The fourth-order valence-electron chi connectivity index (χ4n) is 3.58. The van der Waals surface area contributed by atoms with Gasteiger partial charge in [-0.05, 0) is 48.9 Å². The van der Waals surface area contributed by atoms with Gasteiger partial charge < -0.3 is 15.3 Å². The van der Waals surface area contributed by atoms with Crippen LogP contribution in [0.4, 0.5) is 4.39 Å². The van der Waals surface area contributed by atoms with E-state index in [1.807, 2.05) is 18.2 Å². The molecule has 4 nitrogen and oxygen atoms in total. The van der Waals surface area contributed by atoms with E-state index in [4.69, 9.17) is 0 Å². The predicted molar refractivity (Wildman–Crippen MR) is 104 cm³/mol. The summed E-state index contributed by atoms with van der Waals surface area (Å²) in [5.74, 6) is -0.459. The van der Waals surface area contributed by atoms with Crippen LogP contribution in [0.2, 0.25) is 0 Å². The van der Waals surface area contributed by atoms with E-state index in [1.54, 1.807) is 17.0 Å². The summed E-state index contributed by atoms with van der Waals surface area (Å²) in [4.78, 5) is 14.5. The highest BCUT2D eigenvalue weighted by molar-refractivity contribution is 5.86. The van der Waals surface area contributed by atoms with E-state index in [0.717, 1.165) is 24.8 Å². The Morgan fingerprint density at radius 3 is 2.56 bits per heavy atom. The Labute approximate surface area is 160 Å². The molecule has 1 aliphatic rings. The standard InChI is InChI=1S/C22H27FN2O2/c23-20-11-9-19(10-12-20)16-24-17-22(27)13-5-15-25(21(22)26)14-4-8-18-6-2-1-3-7-18/h1-3,6-7,9-12,24,27H,4-5,8,13-17H2/t22-/m1/s1. The van der Waals surface area contributed by atoms with E-state index in [-0.39, 0.29) is 18.3 Å². The van der Waals surface area contributed by atoms with Gasteiger partial charge in [-0.25, -0.2) is 4.39 Å². The lowest BCUT2D eigenvalue weighted by Crippen LogP contribution is -2.58. The Kier molecular flexibility index (Phi) is 6.58. The second-order valence-electron chi connectivity index (χ2n) is 7.25. The summed E-state index contributed by atoms with van der Waals surface area (Å²) >= 11 is 0. The van der Waals surface area contributed by atoms with Gasteiger partial charge in [0, 0.05) is 26.2 Å². The molecule has 1 atom stereocenters. The predicted octanol–water partition coefficient (Wildman–Crippen LogP) is 2.90. The molecule has 0 spiro atoms. The van der Waals surface area contributed by atoms with Crippen molar-refractivity contribution < 1.29 is 14.3 Å². The van der Waals surface area contributed by atoms with Crippen molar-refractivity contribution in [3.63, 3.8) is 0 Å². The van der Waals surface area contributed by atoms with Crippen LogP contribution in [0, 0.1) is 5.82 Å². The van der Waals surface area contributed by atoms with Crippen molar-refractivity contribution in [2.24, 2.45) is 0 Å². The van der Waals surface area contributed by atoms with Crippen molar-refractivity contribution in [1.29, 1.82) is 0 Å². The highest BCUT2D eigenvalue weighted by atomic mass is 19.1. The molecule has 0 saturated carbocycles. The van der Waals surface area contributed by atoms with Crippen molar-refractivity contribution in [2.75, 3.05) is 19.6 Å². The quantitative estimate of drug-likeness (QED) is 0.751. The minimum Gasteiger partial charge on any atom is -0.379 e. The molecule has 1 heterocycles. The van der Waals surface area contributed by atoms with Gasteiger partial charge in [-0.3, -0.25) is 4.79 Å². The lowest BCUT2D eigenvalue weighted by Gasteiger charge is -2.38. The van der Waals surface area contributed by atoms with Gasteiger partial charge in [0.2, 0.25) is 0 Å². The number of aryl methyl sites for hydroxylation is 1. The van der Waals surface area contributed by atoms with Crippen LogP contribution in [0.1, 0.15) is 30.4 Å². The molecule has 2 aromatic carbocycles. The molecule has 0 bridgehead atoms. The van der Waals surface area contributed by atoms with E-state index >= 15 is 0 Å². The number of nitrogens with zero attached hydrogens (tertiary/aromatic N) is 1. The minimum atomic E-state index is -1.36. The number of likely N-dealkylation sites (tertiary alicyclic amines) is 1. The van der Waals surface area contributed by atoms with Gasteiger partial charge >= 0.3 is 0 Å². The Balaban J connectivity index is 1.47. The van der Waals surface area contributed by atoms with Crippen molar-refractivity contribution in [3.8, 4) is 0 Å². The number of amides is 1. The largest absolute Gasteiger partial charge is 0.379 e. The van der Waals surface area contributed by atoms with Gasteiger partial charge in [0.1, 0.15) is 5.82 Å². The fraction of sp³-hybridized carbons (Fsp3) is 0.409. The zero-order chi connectivity index (χ0) is 19.1. The van der Waals surface area contributed by atoms with E-state index in [0.29, 0.717) is 26.1 Å². The number of carbonyl (C=O) groups excluding carboxylic acids is 1. The SMILES string of the molecule is O=C1N(CCCc2ccccc2)CCC[C@@]1(O)CNCc1ccc(F)cc1. The molecule has 1 saturated heterocycles. The highest BCUT2D eigenvalue weighted by Gasteiger charge is 2.41. The molecule has 0 aliphatic carbocycles. The van der Waals surface area contributed by atoms with E-state index < -0.39 is 5.60 Å². The normalized spacial score (nSPS) is 20.1. The van der Waals surface area contributed by atoms with Crippen LogP contribution in [-0.4, -0.2) is 41.1 Å². The van der Waals surface area contributed by atoms with Crippen LogP contribution in [0.3, 0.4) is 0 Å². The van der Waals surface area contributed by atoms with E-state index in [2.05, 4.69) is 17.4 Å². The van der Waals surface area contributed by atoms with Crippen LogP contribution in [0.25, 0.3) is 0 Å². The molecular formula is C22H27FN2O2. The molecule has 0 aromatic heterocycles. The van der Waals surface area contributed by atoms with E-state index in [1.165, 1.54) is 17.7 Å². The molecule has 3 rings (SSSR count). The van der Waals surface area contributed by atoms with Gasteiger partial charge in [-0.15, -0.1) is 0 Å². The molecule has 5 heteroatoms. The van der Waals surface area contributed by atoms with Crippen LogP contribution in [0.15, 0.2) is 54.6 Å².